The highest BCUT2D eigenvalue weighted by Crippen LogP contribution is 2.39. The average Bonchev–Trinajstić information content (AvgIpc) is 3.07. The second kappa shape index (κ2) is 7.34. The van der Waals surface area contributed by atoms with E-state index in [0.717, 1.165) is 22.5 Å². The number of ether oxygens (including phenoxy) is 1. The molecule has 7 heteroatoms. The summed E-state index contributed by atoms with van der Waals surface area (Å²) in [6, 6.07) is 12.5. The van der Waals surface area contributed by atoms with Gasteiger partial charge in [-0.05, 0) is 36.2 Å². The Hall–Kier alpha value is -3.35. The third kappa shape index (κ3) is 3.55. The molecule has 4 rings (SSSR count). The van der Waals surface area contributed by atoms with Gasteiger partial charge in [-0.3, -0.25) is 9.89 Å². The van der Waals surface area contributed by atoms with Crippen LogP contribution in [0.5, 0.6) is 5.88 Å². The number of nitrogens with two attached hydrogens (primary N) is 1. The standard InChI is InChI=1S/C21H21FN4O2/c1-13-2-7-18(22)15(10-13)12-17(27)11-14-3-5-16(6-4-14)26-8-9-28-21-19(26)20(23)24-25-21/h2-7,10H,8-9,11-12H2,1H3,(H3,23,24,25). The van der Waals surface area contributed by atoms with E-state index in [1.54, 1.807) is 12.1 Å². The van der Waals surface area contributed by atoms with Crippen LogP contribution in [0.1, 0.15) is 16.7 Å². The molecule has 144 valence electrons. The zero-order chi connectivity index (χ0) is 19.7. The number of nitrogen functional groups attached to an aromatic ring is 1. The number of anilines is 3. The summed E-state index contributed by atoms with van der Waals surface area (Å²) in [5, 5.41) is 6.79. The molecule has 0 aliphatic carbocycles. The van der Waals surface area contributed by atoms with E-state index in [4.69, 9.17) is 10.5 Å². The maximum atomic E-state index is 13.9. The molecular formula is C21H21FN4O2. The van der Waals surface area contributed by atoms with Crippen LogP contribution in [0, 0.1) is 12.7 Å². The van der Waals surface area contributed by atoms with Gasteiger partial charge in [0.05, 0.1) is 6.54 Å². The number of carbonyl (C=O) groups is 1. The average molecular weight is 380 g/mol. The summed E-state index contributed by atoms with van der Waals surface area (Å²) in [5.74, 6) is 0.581. The zero-order valence-electron chi connectivity index (χ0n) is 15.5. The number of halogens is 1. The van der Waals surface area contributed by atoms with E-state index >= 15 is 0 Å². The van der Waals surface area contributed by atoms with Gasteiger partial charge in [0.1, 0.15) is 29.7 Å². The van der Waals surface area contributed by atoms with Crippen LogP contribution in [0.25, 0.3) is 0 Å². The molecule has 6 nitrogen and oxygen atoms in total. The van der Waals surface area contributed by atoms with Crippen molar-refractivity contribution in [1.82, 2.24) is 10.2 Å². The van der Waals surface area contributed by atoms with E-state index in [1.165, 1.54) is 6.07 Å². The number of ketones is 1. The molecule has 1 aliphatic rings. The van der Waals surface area contributed by atoms with E-state index in [9.17, 15) is 9.18 Å². The first-order valence-corrected chi connectivity index (χ1v) is 9.11. The summed E-state index contributed by atoms with van der Waals surface area (Å²) >= 11 is 0. The minimum absolute atomic E-state index is 0.0232. The molecule has 2 heterocycles. The van der Waals surface area contributed by atoms with E-state index in [-0.39, 0.29) is 24.4 Å². The maximum absolute atomic E-state index is 13.9. The van der Waals surface area contributed by atoms with Gasteiger partial charge in [0.15, 0.2) is 0 Å². The van der Waals surface area contributed by atoms with E-state index in [2.05, 4.69) is 10.2 Å². The number of aromatic amines is 1. The highest BCUT2D eigenvalue weighted by atomic mass is 19.1. The van der Waals surface area contributed by atoms with Gasteiger partial charge in [-0.1, -0.05) is 29.8 Å². The molecule has 1 aliphatic heterocycles. The number of benzene rings is 2. The van der Waals surface area contributed by atoms with Gasteiger partial charge in [-0.15, -0.1) is 5.10 Å². The third-order valence-electron chi connectivity index (χ3n) is 4.80. The van der Waals surface area contributed by atoms with Crippen molar-refractivity contribution in [2.75, 3.05) is 23.8 Å². The highest BCUT2D eigenvalue weighted by molar-refractivity contribution is 5.83. The molecule has 0 atom stereocenters. The minimum atomic E-state index is -0.338. The first-order chi connectivity index (χ1) is 13.5. The van der Waals surface area contributed by atoms with Crippen LogP contribution in [0.4, 0.5) is 21.6 Å². The van der Waals surface area contributed by atoms with Crippen molar-refractivity contribution in [3.05, 3.63) is 65.0 Å². The number of nitrogens with one attached hydrogen (secondary N) is 1. The lowest BCUT2D eigenvalue weighted by Gasteiger charge is -2.28. The quantitative estimate of drug-likeness (QED) is 0.709. The SMILES string of the molecule is Cc1ccc(F)c(CC(=O)Cc2ccc(N3CCOc4n[nH]c(N)c43)cc2)c1. The van der Waals surface area contributed by atoms with E-state index in [1.807, 2.05) is 36.1 Å². The third-order valence-corrected chi connectivity index (χ3v) is 4.80. The largest absolute Gasteiger partial charge is 0.473 e. The first kappa shape index (κ1) is 18.0. The van der Waals surface area contributed by atoms with Gasteiger partial charge in [0, 0.05) is 18.5 Å². The second-order valence-electron chi connectivity index (χ2n) is 6.94. The number of aromatic nitrogens is 2. The Labute approximate surface area is 162 Å². The molecule has 0 fully saturated rings. The Balaban J connectivity index is 1.46. The highest BCUT2D eigenvalue weighted by Gasteiger charge is 2.25. The van der Waals surface area contributed by atoms with Crippen LogP contribution < -0.4 is 15.4 Å². The Morgan fingerprint density at radius 1 is 1.25 bits per heavy atom. The summed E-state index contributed by atoms with van der Waals surface area (Å²) in [6.45, 7) is 3.05. The van der Waals surface area contributed by atoms with Gasteiger partial charge in [0.25, 0.3) is 5.88 Å². The molecule has 3 aromatic rings. The van der Waals surface area contributed by atoms with Gasteiger partial charge >= 0.3 is 0 Å². The zero-order valence-corrected chi connectivity index (χ0v) is 15.5. The smallest absolute Gasteiger partial charge is 0.259 e. The summed E-state index contributed by atoms with van der Waals surface area (Å²) < 4.78 is 19.4. The topological polar surface area (TPSA) is 84.2 Å². The van der Waals surface area contributed by atoms with E-state index < -0.39 is 0 Å². The molecular weight excluding hydrogens is 359 g/mol. The number of aryl methyl sites for hydroxylation is 1. The van der Waals surface area contributed by atoms with Crippen LogP contribution in [0.3, 0.4) is 0 Å². The molecule has 0 bridgehead atoms. The monoisotopic (exact) mass is 380 g/mol. The predicted molar refractivity (Wildman–Crippen MR) is 105 cm³/mol. The number of rotatable bonds is 5. The fourth-order valence-electron chi connectivity index (χ4n) is 3.43. The molecule has 0 saturated heterocycles. The lowest BCUT2D eigenvalue weighted by molar-refractivity contribution is -0.117. The Kier molecular flexibility index (Phi) is 4.73. The van der Waals surface area contributed by atoms with Crippen molar-refractivity contribution in [2.24, 2.45) is 0 Å². The second-order valence-corrected chi connectivity index (χ2v) is 6.94. The van der Waals surface area contributed by atoms with Gasteiger partial charge < -0.3 is 15.4 Å². The van der Waals surface area contributed by atoms with Crippen LogP contribution in [0.15, 0.2) is 42.5 Å². The van der Waals surface area contributed by atoms with Crippen LogP contribution >= 0.6 is 0 Å². The van der Waals surface area contributed by atoms with Crippen molar-refractivity contribution in [1.29, 1.82) is 0 Å². The van der Waals surface area contributed by atoms with Crippen molar-refractivity contribution in [3.8, 4) is 5.88 Å². The fourth-order valence-corrected chi connectivity index (χ4v) is 3.43. The summed E-state index contributed by atoms with van der Waals surface area (Å²) in [7, 11) is 0. The fraction of sp³-hybridized carbons (Fsp3) is 0.238. The first-order valence-electron chi connectivity index (χ1n) is 9.11. The lowest BCUT2D eigenvalue weighted by Crippen LogP contribution is -2.28. The number of fused-ring (bicyclic) bond motifs is 1. The van der Waals surface area contributed by atoms with Crippen LogP contribution in [-0.2, 0) is 17.6 Å². The maximum Gasteiger partial charge on any atom is 0.259 e. The molecule has 0 saturated carbocycles. The Bertz CT molecular complexity index is 1010. The molecule has 0 unspecified atom stereocenters. The molecule has 0 spiro atoms. The molecule has 1 aromatic heterocycles. The van der Waals surface area contributed by atoms with Gasteiger partial charge in [-0.2, -0.15) is 0 Å². The molecule has 0 radical (unpaired) electrons. The van der Waals surface area contributed by atoms with Crippen molar-refractivity contribution >= 4 is 23.0 Å². The number of nitrogens with zero attached hydrogens (tertiary/aromatic N) is 2. The van der Waals surface area contributed by atoms with Gasteiger partial charge in [0.2, 0.25) is 0 Å². The minimum Gasteiger partial charge on any atom is -0.473 e. The normalized spacial score (nSPS) is 13.1. The van der Waals surface area contributed by atoms with Crippen LogP contribution in [-0.4, -0.2) is 29.1 Å². The number of carbonyl (C=O) groups excluding carboxylic acids is 1. The van der Waals surface area contributed by atoms with Gasteiger partial charge in [-0.25, -0.2) is 4.39 Å². The number of hydrogen-bond donors (Lipinski definition) is 2. The summed E-state index contributed by atoms with van der Waals surface area (Å²) in [5.41, 5.74) is 9.90. The summed E-state index contributed by atoms with van der Waals surface area (Å²) in [6.07, 6.45) is 0.351. The summed E-state index contributed by atoms with van der Waals surface area (Å²) in [4.78, 5) is 14.4. The molecule has 28 heavy (non-hydrogen) atoms. The van der Waals surface area contributed by atoms with Crippen LogP contribution in [0.2, 0.25) is 0 Å². The Morgan fingerprint density at radius 2 is 2.04 bits per heavy atom. The number of H-pyrrole nitrogens is 1. The molecule has 3 N–H and O–H groups in total. The number of Topliss-reactive ketones (excluding diaryl/α,β-unsaturated/α-hetero) is 1. The lowest BCUT2D eigenvalue weighted by atomic mass is 10.0. The Morgan fingerprint density at radius 3 is 2.82 bits per heavy atom. The molecule has 2 aromatic carbocycles. The van der Waals surface area contributed by atoms with E-state index in [0.29, 0.717) is 30.4 Å². The van der Waals surface area contributed by atoms with Crippen molar-refractivity contribution in [2.45, 2.75) is 19.8 Å². The number of hydrogen-bond acceptors (Lipinski definition) is 5. The van der Waals surface area contributed by atoms with Crippen molar-refractivity contribution < 1.29 is 13.9 Å². The predicted octanol–water partition coefficient (Wildman–Crippen LogP) is 3.32. The van der Waals surface area contributed by atoms with Crippen molar-refractivity contribution in [3.63, 3.8) is 0 Å². The molecule has 0 amide bonds.